The summed E-state index contributed by atoms with van der Waals surface area (Å²) in [5.74, 6) is 0. The first-order chi connectivity index (χ1) is 10.2. The van der Waals surface area contributed by atoms with Gasteiger partial charge in [-0.15, -0.1) is 0 Å². The molecule has 0 unspecified atom stereocenters. The molecular formula is C16H14N2O2S. The normalized spacial score (nSPS) is 10.9. The lowest BCUT2D eigenvalue weighted by atomic mass is 10.1. The topological polar surface area (TPSA) is 58.9 Å². The summed E-state index contributed by atoms with van der Waals surface area (Å²) in [6, 6.07) is 14.9. The Morgan fingerprint density at radius 1 is 1.14 bits per heavy atom. The molecule has 5 heteroatoms. The van der Waals surface area contributed by atoms with Crippen LogP contribution in [-0.2, 0) is 6.42 Å². The number of hydrogen-bond donors (Lipinski definition) is 1. The van der Waals surface area contributed by atoms with Crippen LogP contribution in [0.5, 0.6) is 0 Å². The lowest BCUT2D eigenvalue weighted by molar-refractivity contribution is -0.387. The molecule has 0 spiro atoms. The third-order valence-electron chi connectivity index (χ3n) is 3.40. The highest BCUT2D eigenvalue weighted by molar-refractivity contribution is 7.99. The molecule has 0 aliphatic carbocycles. The molecule has 2 aromatic carbocycles. The number of aryl methyl sites for hydroxylation is 1. The van der Waals surface area contributed by atoms with Crippen LogP contribution in [0.2, 0.25) is 0 Å². The maximum Gasteiger partial charge on any atom is 0.283 e. The van der Waals surface area contributed by atoms with Gasteiger partial charge in [0, 0.05) is 17.0 Å². The second-order valence-corrected chi connectivity index (χ2v) is 5.71. The highest BCUT2D eigenvalue weighted by Crippen LogP contribution is 2.38. The van der Waals surface area contributed by atoms with Crippen molar-refractivity contribution >= 4 is 28.4 Å². The molecule has 0 fully saturated rings. The van der Waals surface area contributed by atoms with Gasteiger partial charge in [-0.25, -0.2) is 0 Å². The van der Waals surface area contributed by atoms with Gasteiger partial charge >= 0.3 is 0 Å². The van der Waals surface area contributed by atoms with E-state index in [2.05, 4.69) is 18.0 Å². The molecule has 0 atom stereocenters. The van der Waals surface area contributed by atoms with E-state index >= 15 is 0 Å². The number of nitrogens with one attached hydrogen (secondary N) is 1. The first kappa shape index (κ1) is 13.7. The summed E-state index contributed by atoms with van der Waals surface area (Å²) in [6.07, 6.45) is 0.882. The van der Waals surface area contributed by atoms with Crippen LogP contribution < -0.4 is 0 Å². The Labute approximate surface area is 126 Å². The Morgan fingerprint density at radius 2 is 1.86 bits per heavy atom. The van der Waals surface area contributed by atoms with Crippen molar-refractivity contribution in [2.45, 2.75) is 23.3 Å². The summed E-state index contributed by atoms with van der Waals surface area (Å²) in [4.78, 5) is 14.8. The van der Waals surface area contributed by atoms with Gasteiger partial charge in [-0.05, 0) is 24.1 Å². The molecule has 3 aromatic rings. The summed E-state index contributed by atoms with van der Waals surface area (Å²) >= 11 is 1.42. The van der Waals surface area contributed by atoms with Crippen molar-refractivity contribution in [2.75, 3.05) is 0 Å². The number of aromatic nitrogens is 1. The predicted molar refractivity (Wildman–Crippen MR) is 84.9 cm³/mol. The average molecular weight is 298 g/mol. The highest BCUT2D eigenvalue weighted by Gasteiger charge is 2.17. The Balaban J connectivity index is 2.08. The zero-order valence-corrected chi connectivity index (χ0v) is 12.3. The van der Waals surface area contributed by atoms with E-state index < -0.39 is 0 Å². The van der Waals surface area contributed by atoms with Gasteiger partial charge in [0.05, 0.1) is 14.8 Å². The SMILES string of the molecule is CCc1c(Sc2ccccc2[N+](=O)[O-])[nH]c2ccccc12. The van der Waals surface area contributed by atoms with E-state index in [4.69, 9.17) is 0 Å². The maximum atomic E-state index is 11.1. The van der Waals surface area contributed by atoms with Crippen LogP contribution >= 0.6 is 11.8 Å². The number of aromatic amines is 1. The molecular weight excluding hydrogens is 284 g/mol. The van der Waals surface area contributed by atoms with Gasteiger partial charge in [-0.1, -0.05) is 49.0 Å². The Morgan fingerprint density at radius 3 is 2.62 bits per heavy atom. The summed E-state index contributed by atoms with van der Waals surface area (Å²) < 4.78 is 0. The van der Waals surface area contributed by atoms with E-state index in [-0.39, 0.29) is 10.6 Å². The van der Waals surface area contributed by atoms with E-state index in [0.717, 1.165) is 17.0 Å². The molecule has 0 aliphatic rings. The fourth-order valence-electron chi connectivity index (χ4n) is 2.42. The zero-order chi connectivity index (χ0) is 14.8. The summed E-state index contributed by atoms with van der Waals surface area (Å²) in [5, 5.41) is 13.3. The quantitative estimate of drug-likeness (QED) is 0.556. The molecule has 3 rings (SSSR count). The third-order valence-corrected chi connectivity index (χ3v) is 4.52. The second-order valence-electron chi connectivity index (χ2n) is 4.66. The van der Waals surface area contributed by atoms with Crippen molar-refractivity contribution in [3.8, 4) is 0 Å². The lowest BCUT2D eigenvalue weighted by Gasteiger charge is -2.03. The monoisotopic (exact) mass is 298 g/mol. The van der Waals surface area contributed by atoms with E-state index in [1.165, 1.54) is 28.8 Å². The van der Waals surface area contributed by atoms with Crippen molar-refractivity contribution < 1.29 is 4.92 Å². The molecule has 0 bridgehead atoms. The minimum absolute atomic E-state index is 0.142. The Hall–Kier alpha value is -2.27. The largest absolute Gasteiger partial charge is 0.349 e. The van der Waals surface area contributed by atoms with Gasteiger partial charge < -0.3 is 4.98 Å². The molecule has 1 aromatic heterocycles. The molecule has 0 radical (unpaired) electrons. The van der Waals surface area contributed by atoms with Crippen LogP contribution in [0.25, 0.3) is 10.9 Å². The molecule has 0 aliphatic heterocycles. The number of nitrogens with zero attached hydrogens (tertiary/aromatic N) is 1. The Kier molecular flexibility index (Phi) is 3.66. The molecule has 1 heterocycles. The smallest absolute Gasteiger partial charge is 0.283 e. The molecule has 1 N–H and O–H groups in total. The molecule has 0 saturated carbocycles. The average Bonchev–Trinajstić information content (AvgIpc) is 2.84. The van der Waals surface area contributed by atoms with Gasteiger partial charge in [0.25, 0.3) is 5.69 Å². The third kappa shape index (κ3) is 2.52. The van der Waals surface area contributed by atoms with Crippen LogP contribution in [0, 0.1) is 10.1 Å². The number of benzene rings is 2. The van der Waals surface area contributed by atoms with E-state index in [1.54, 1.807) is 12.1 Å². The number of para-hydroxylation sites is 2. The number of nitro benzene ring substituents is 1. The first-order valence-electron chi connectivity index (χ1n) is 6.71. The fraction of sp³-hybridized carbons (Fsp3) is 0.125. The lowest BCUT2D eigenvalue weighted by Crippen LogP contribution is -1.90. The van der Waals surface area contributed by atoms with Crippen LogP contribution in [0.4, 0.5) is 5.69 Å². The van der Waals surface area contributed by atoms with Crippen molar-refractivity contribution in [3.05, 3.63) is 64.2 Å². The van der Waals surface area contributed by atoms with Crippen LogP contribution in [0.3, 0.4) is 0 Å². The van der Waals surface area contributed by atoms with Crippen molar-refractivity contribution in [1.29, 1.82) is 0 Å². The summed E-state index contributed by atoms with van der Waals surface area (Å²) in [5.41, 5.74) is 2.41. The number of H-pyrrole nitrogens is 1. The molecule has 4 nitrogen and oxygen atoms in total. The molecule has 21 heavy (non-hydrogen) atoms. The first-order valence-corrected chi connectivity index (χ1v) is 7.53. The van der Waals surface area contributed by atoms with Crippen molar-refractivity contribution in [3.63, 3.8) is 0 Å². The highest BCUT2D eigenvalue weighted by atomic mass is 32.2. The zero-order valence-electron chi connectivity index (χ0n) is 11.5. The van der Waals surface area contributed by atoms with E-state index in [9.17, 15) is 10.1 Å². The number of fused-ring (bicyclic) bond motifs is 1. The minimum atomic E-state index is -0.337. The van der Waals surface area contributed by atoms with E-state index in [0.29, 0.717) is 4.90 Å². The van der Waals surface area contributed by atoms with Crippen LogP contribution in [-0.4, -0.2) is 9.91 Å². The van der Waals surface area contributed by atoms with Gasteiger partial charge in [0.1, 0.15) is 0 Å². The van der Waals surface area contributed by atoms with Crippen molar-refractivity contribution in [2.24, 2.45) is 0 Å². The summed E-state index contributed by atoms with van der Waals surface area (Å²) in [7, 11) is 0. The van der Waals surface area contributed by atoms with Crippen molar-refractivity contribution in [1.82, 2.24) is 4.98 Å². The van der Waals surface area contributed by atoms with Gasteiger partial charge in [-0.3, -0.25) is 10.1 Å². The van der Waals surface area contributed by atoms with Crippen LogP contribution in [0.15, 0.2) is 58.5 Å². The number of rotatable bonds is 4. The maximum absolute atomic E-state index is 11.1. The number of hydrogen-bond acceptors (Lipinski definition) is 3. The van der Waals surface area contributed by atoms with Gasteiger partial charge in [0.15, 0.2) is 0 Å². The predicted octanol–water partition coefficient (Wildman–Crippen LogP) is 4.79. The number of nitro groups is 1. The molecule has 0 amide bonds. The second kappa shape index (κ2) is 5.61. The van der Waals surface area contributed by atoms with E-state index in [1.807, 2.05) is 24.3 Å². The molecule has 106 valence electrons. The Bertz CT molecular complexity index is 811. The fourth-order valence-corrected chi connectivity index (χ4v) is 3.57. The molecule has 0 saturated heterocycles. The minimum Gasteiger partial charge on any atom is -0.349 e. The standard InChI is InChI=1S/C16H14N2O2S/c1-2-11-12-7-3-4-8-13(12)17-16(11)21-15-10-6-5-9-14(15)18(19)20/h3-10,17H,2H2,1H3. The van der Waals surface area contributed by atoms with Gasteiger partial charge in [-0.2, -0.15) is 0 Å². The summed E-state index contributed by atoms with van der Waals surface area (Å²) in [6.45, 7) is 2.10. The van der Waals surface area contributed by atoms with Gasteiger partial charge in [0.2, 0.25) is 0 Å². The van der Waals surface area contributed by atoms with Crippen LogP contribution in [0.1, 0.15) is 12.5 Å².